The highest BCUT2D eigenvalue weighted by atomic mass is 35.5. The van der Waals surface area contributed by atoms with Crippen LogP contribution in [0, 0.1) is 5.92 Å². The topological polar surface area (TPSA) is 37.3 Å². The van der Waals surface area contributed by atoms with Crippen molar-refractivity contribution in [2.75, 3.05) is 26.7 Å². The molecule has 0 radical (unpaired) electrons. The summed E-state index contributed by atoms with van der Waals surface area (Å²) in [5.41, 5.74) is 0.697. The summed E-state index contributed by atoms with van der Waals surface area (Å²) in [7, 11) is 1.88. The van der Waals surface area contributed by atoms with E-state index in [1.54, 1.807) is 6.07 Å². The zero-order chi connectivity index (χ0) is 14.5. The van der Waals surface area contributed by atoms with Gasteiger partial charge in [-0.25, -0.2) is 0 Å². The maximum atomic E-state index is 12.6. The van der Waals surface area contributed by atoms with Gasteiger partial charge in [-0.3, -0.25) is 4.79 Å². The molecule has 1 aromatic rings. The number of carbonyl (C=O) groups is 1. The van der Waals surface area contributed by atoms with Crippen molar-refractivity contribution in [2.24, 2.45) is 5.92 Å². The van der Waals surface area contributed by atoms with E-state index in [4.69, 9.17) is 11.6 Å². The van der Waals surface area contributed by atoms with Crippen LogP contribution in [0.4, 0.5) is 0 Å². The SMILES string of the molecule is CCCn1cc(Cl)cc1C(=O)N(C)CC1CCCNC1. The zero-order valence-electron chi connectivity index (χ0n) is 12.4. The van der Waals surface area contributed by atoms with Crippen LogP contribution in [0.2, 0.25) is 5.02 Å². The van der Waals surface area contributed by atoms with E-state index >= 15 is 0 Å². The first-order valence-corrected chi connectivity index (χ1v) is 7.81. The van der Waals surface area contributed by atoms with Crippen LogP contribution in [-0.2, 0) is 6.54 Å². The van der Waals surface area contributed by atoms with Crippen LogP contribution in [0.1, 0.15) is 36.7 Å². The number of amides is 1. The Labute approximate surface area is 126 Å². The van der Waals surface area contributed by atoms with Crippen LogP contribution >= 0.6 is 11.6 Å². The molecule has 1 unspecified atom stereocenters. The Morgan fingerprint density at radius 1 is 1.60 bits per heavy atom. The van der Waals surface area contributed by atoms with Gasteiger partial charge in [0, 0.05) is 26.3 Å². The summed E-state index contributed by atoms with van der Waals surface area (Å²) in [6.07, 6.45) is 5.22. The van der Waals surface area contributed by atoms with Gasteiger partial charge >= 0.3 is 0 Å². The van der Waals surface area contributed by atoms with Crippen molar-refractivity contribution in [1.29, 1.82) is 0 Å². The van der Waals surface area contributed by atoms with Gasteiger partial charge in [0.2, 0.25) is 0 Å². The van der Waals surface area contributed by atoms with Crippen molar-refractivity contribution in [1.82, 2.24) is 14.8 Å². The average molecular weight is 298 g/mol. The van der Waals surface area contributed by atoms with Gasteiger partial charge in [-0.1, -0.05) is 18.5 Å². The fourth-order valence-electron chi connectivity index (χ4n) is 2.83. The molecular formula is C15H24ClN3O. The maximum absolute atomic E-state index is 12.6. The monoisotopic (exact) mass is 297 g/mol. The van der Waals surface area contributed by atoms with Crippen LogP contribution in [-0.4, -0.2) is 42.1 Å². The Kier molecular flexibility index (Phi) is 5.49. The molecule has 5 heteroatoms. The number of aryl methyl sites for hydroxylation is 1. The van der Waals surface area contributed by atoms with Crippen molar-refractivity contribution in [2.45, 2.75) is 32.7 Å². The van der Waals surface area contributed by atoms with Gasteiger partial charge in [-0.15, -0.1) is 0 Å². The van der Waals surface area contributed by atoms with Crippen LogP contribution in [0.15, 0.2) is 12.3 Å². The fourth-order valence-corrected chi connectivity index (χ4v) is 3.05. The van der Waals surface area contributed by atoms with Crippen LogP contribution in [0.3, 0.4) is 0 Å². The van der Waals surface area contributed by atoms with Crippen LogP contribution in [0.5, 0.6) is 0 Å². The summed E-state index contributed by atoms with van der Waals surface area (Å²) >= 11 is 6.04. The second kappa shape index (κ2) is 7.14. The first-order chi connectivity index (χ1) is 9.61. The van der Waals surface area contributed by atoms with E-state index in [0.717, 1.165) is 32.6 Å². The number of nitrogens with one attached hydrogen (secondary N) is 1. The lowest BCUT2D eigenvalue weighted by atomic mass is 9.99. The summed E-state index contributed by atoms with van der Waals surface area (Å²) in [5.74, 6) is 0.624. The molecule has 0 saturated carbocycles. The molecule has 4 nitrogen and oxygen atoms in total. The lowest BCUT2D eigenvalue weighted by Gasteiger charge is -2.27. The number of halogens is 1. The van der Waals surface area contributed by atoms with Crippen molar-refractivity contribution in [3.05, 3.63) is 23.0 Å². The van der Waals surface area contributed by atoms with Gasteiger partial charge in [-0.05, 0) is 44.3 Å². The zero-order valence-corrected chi connectivity index (χ0v) is 13.1. The first-order valence-electron chi connectivity index (χ1n) is 7.43. The Bertz CT molecular complexity index is 452. The minimum atomic E-state index is 0.0657. The number of aromatic nitrogens is 1. The predicted octanol–water partition coefficient (Wildman–Crippen LogP) is 2.62. The van der Waals surface area contributed by atoms with E-state index in [9.17, 15) is 4.79 Å². The lowest BCUT2D eigenvalue weighted by Crippen LogP contribution is -2.39. The first kappa shape index (κ1) is 15.4. The second-order valence-corrected chi connectivity index (χ2v) is 6.07. The molecule has 1 aliphatic heterocycles. The van der Waals surface area contributed by atoms with E-state index in [1.807, 2.05) is 22.7 Å². The molecule has 20 heavy (non-hydrogen) atoms. The number of hydrogen-bond acceptors (Lipinski definition) is 2. The molecule has 1 fully saturated rings. The molecule has 2 rings (SSSR count). The average Bonchev–Trinajstić information content (AvgIpc) is 2.80. The van der Waals surface area contributed by atoms with Gasteiger partial charge in [-0.2, -0.15) is 0 Å². The summed E-state index contributed by atoms with van der Waals surface area (Å²) < 4.78 is 1.96. The predicted molar refractivity (Wildman–Crippen MR) is 82.3 cm³/mol. The Hall–Kier alpha value is -1.00. The molecule has 2 heterocycles. The smallest absolute Gasteiger partial charge is 0.270 e. The van der Waals surface area contributed by atoms with E-state index in [-0.39, 0.29) is 5.91 Å². The molecule has 1 aromatic heterocycles. The van der Waals surface area contributed by atoms with Crippen molar-refractivity contribution < 1.29 is 4.79 Å². The number of hydrogen-bond donors (Lipinski definition) is 1. The molecule has 1 N–H and O–H groups in total. The third kappa shape index (κ3) is 3.76. The standard InChI is InChI=1S/C15H24ClN3O/c1-3-7-19-11-13(16)8-14(19)15(20)18(2)10-12-5-4-6-17-9-12/h8,11-12,17H,3-7,9-10H2,1-2H3. The Morgan fingerprint density at radius 2 is 2.40 bits per heavy atom. The summed E-state index contributed by atoms with van der Waals surface area (Å²) in [6, 6.07) is 1.77. The normalized spacial score (nSPS) is 19.1. The molecule has 0 aliphatic carbocycles. The van der Waals surface area contributed by atoms with E-state index < -0.39 is 0 Å². The summed E-state index contributed by atoms with van der Waals surface area (Å²) in [4.78, 5) is 14.4. The highest BCUT2D eigenvalue weighted by Crippen LogP contribution is 2.18. The summed E-state index contributed by atoms with van der Waals surface area (Å²) in [6.45, 7) is 5.84. The highest BCUT2D eigenvalue weighted by molar-refractivity contribution is 6.31. The van der Waals surface area contributed by atoms with Gasteiger partial charge in [0.1, 0.15) is 5.69 Å². The van der Waals surface area contributed by atoms with Gasteiger partial charge in [0.15, 0.2) is 0 Å². The highest BCUT2D eigenvalue weighted by Gasteiger charge is 2.21. The summed E-state index contributed by atoms with van der Waals surface area (Å²) in [5, 5.41) is 4.02. The minimum Gasteiger partial charge on any atom is -0.342 e. The lowest BCUT2D eigenvalue weighted by molar-refractivity contribution is 0.0754. The fraction of sp³-hybridized carbons (Fsp3) is 0.667. The van der Waals surface area contributed by atoms with E-state index in [1.165, 1.54) is 12.8 Å². The molecule has 1 amide bonds. The Balaban J connectivity index is 2.01. The van der Waals surface area contributed by atoms with Crippen molar-refractivity contribution >= 4 is 17.5 Å². The van der Waals surface area contributed by atoms with Gasteiger partial charge in [0.25, 0.3) is 5.91 Å². The molecule has 0 aromatic carbocycles. The third-order valence-electron chi connectivity index (χ3n) is 3.82. The van der Waals surface area contributed by atoms with Crippen molar-refractivity contribution in [3.8, 4) is 0 Å². The molecule has 0 bridgehead atoms. The number of carbonyl (C=O) groups excluding carboxylic acids is 1. The van der Waals surface area contributed by atoms with Gasteiger partial charge in [0.05, 0.1) is 5.02 Å². The molecular weight excluding hydrogens is 274 g/mol. The largest absolute Gasteiger partial charge is 0.342 e. The quantitative estimate of drug-likeness (QED) is 0.907. The Morgan fingerprint density at radius 3 is 3.05 bits per heavy atom. The molecule has 1 atom stereocenters. The molecule has 1 saturated heterocycles. The van der Waals surface area contributed by atoms with Crippen molar-refractivity contribution in [3.63, 3.8) is 0 Å². The number of rotatable bonds is 5. The maximum Gasteiger partial charge on any atom is 0.270 e. The minimum absolute atomic E-state index is 0.0657. The second-order valence-electron chi connectivity index (χ2n) is 5.64. The molecule has 1 aliphatic rings. The third-order valence-corrected chi connectivity index (χ3v) is 4.03. The number of piperidine rings is 1. The van der Waals surface area contributed by atoms with E-state index in [2.05, 4.69) is 12.2 Å². The van der Waals surface area contributed by atoms with E-state index in [0.29, 0.717) is 16.6 Å². The number of nitrogens with zero attached hydrogens (tertiary/aromatic N) is 2. The van der Waals surface area contributed by atoms with Crippen LogP contribution in [0.25, 0.3) is 0 Å². The molecule has 112 valence electrons. The van der Waals surface area contributed by atoms with Gasteiger partial charge < -0.3 is 14.8 Å². The molecule has 0 spiro atoms. The van der Waals surface area contributed by atoms with Crippen LogP contribution < -0.4 is 5.32 Å².